The van der Waals surface area contributed by atoms with Crippen molar-refractivity contribution in [2.45, 2.75) is 0 Å². The molecule has 0 radical (unpaired) electrons. The first-order valence-corrected chi connectivity index (χ1v) is 10.1. The molecule has 0 aliphatic heterocycles. The van der Waals surface area contributed by atoms with Gasteiger partial charge < -0.3 is 5.32 Å². The van der Waals surface area contributed by atoms with Crippen molar-refractivity contribution in [3.8, 4) is 11.3 Å². The van der Waals surface area contributed by atoms with Crippen LogP contribution in [0, 0.1) is 0 Å². The summed E-state index contributed by atoms with van der Waals surface area (Å²) in [4.78, 5) is 17.1. The average Bonchev–Trinajstić information content (AvgIpc) is 2.68. The van der Waals surface area contributed by atoms with Gasteiger partial charge in [-0.2, -0.15) is 0 Å². The number of nitrogens with zero attached hydrogens (tertiary/aromatic N) is 2. The summed E-state index contributed by atoms with van der Waals surface area (Å²) in [5, 5.41) is 2.73. The SMILES string of the molecule is CN(c1ccc(-c2ccccc2)nc1NC(=O)c1ccccc1)S(C)(=O)=O. The second-order valence-corrected chi connectivity index (χ2v) is 7.99. The molecule has 1 amide bonds. The van der Waals surface area contributed by atoms with Crippen molar-refractivity contribution in [1.29, 1.82) is 0 Å². The number of pyridine rings is 1. The minimum absolute atomic E-state index is 0.179. The van der Waals surface area contributed by atoms with Gasteiger partial charge in [-0.15, -0.1) is 0 Å². The molecule has 0 fully saturated rings. The third-order valence-electron chi connectivity index (χ3n) is 4.05. The van der Waals surface area contributed by atoms with Crippen LogP contribution in [0.15, 0.2) is 72.8 Å². The first kappa shape index (κ1) is 18.6. The van der Waals surface area contributed by atoms with Gasteiger partial charge in [-0.3, -0.25) is 9.10 Å². The number of aromatic nitrogens is 1. The highest BCUT2D eigenvalue weighted by atomic mass is 32.2. The highest BCUT2D eigenvalue weighted by Gasteiger charge is 2.19. The van der Waals surface area contributed by atoms with E-state index < -0.39 is 10.0 Å². The molecule has 6 nitrogen and oxygen atoms in total. The van der Waals surface area contributed by atoms with E-state index >= 15 is 0 Å². The molecular weight excluding hydrogens is 362 g/mol. The Morgan fingerprint density at radius 1 is 0.926 bits per heavy atom. The first-order valence-electron chi connectivity index (χ1n) is 8.23. The van der Waals surface area contributed by atoms with Crippen LogP contribution < -0.4 is 9.62 Å². The van der Waals surface area contributed by atoms with E-state index in [0.29, 0.717) is 16.9 Å². The molecule has 1 aromatic heterocycles. The van der Waals surface area contributed by atoms with Gasteiger partial charge in [0, 0.05) is 18.2 Å². The zero-order chi connectivity index (χ0) is 19.4. The van der Waals surface area contributed by atoms with E-state index in [0.717, 1.165) is 16.1 Å². The van der Waals surface area contributed by atoms with Gasteiger partial charge in [-0.25, -0.2) is 13.4 Å². The summed E-state index contributed by atoms with van der Waals surface area (Å²) in [7, 11) is -2.09. The number of amides is 1. The topological polar surface area (TPSA) is 79.4 Å². The van der Waals surface area contributed by atoms with Gasteiger partial charge in [0.2, 0.25) is 10.0 Å². The Bertz CT molecular complexity index is 1050. The Morgan fingerprint density at radius 2 is 1.52 bits per heavy atom. The van der Waals surface area contributed by atoms with Crippen LogP contribution in [-0.2, 0) is 10.0 Å². The quantitative estimate of drug-likeness (QED) is 0.735. The minimum Gasteiger partial charge on any atom is -0.305 e. The highest BCUT2D eigenvalue weighted by Crippen LogP contribution is 2.29. The lowest BCUT2D eigenvalue weighted by molar-refractivity contribution is 0.102. The lowest BCUT2D eigenvalue weighted by atomic mass is 10.1. The van der Waals surface area contributed by atoms with Gasteiger partial charge >= 0.3 is 0 Å². The number of anilines is 2. The molecule has 0 atom stereocenters. The van der Waals surface area contributed by atoms with Crippen LogP contribution in [-0.4, -0.2) is 32.6 Å². The van der Waals surface area contributed by atoms with E-state index in [4.69, 9.17) is 0 Å². The van der Waals surface area contributed by atoms with Gasteiger partial charge in [0.25, 0.3) is 5.91 Å². The summed E-state index contributed by atoms with van der Waals surface area (Å²) in [6.45, 7) is 0. The Hall–Kier alpha value is -3.19. The molecule has 1 heterocycles. The zero-order valence-electron chi connectivity index (χ0n) is 15.0. The van der Waals surface area contributed by atoms with E-state index in [-0.39, 0.29) is 11.7 Å². The summed E-state index contributed by atoms with van der Waals surface area (Å²) in [6, 6.07) is 21.5. The Morgan fingerprint density at radius 3 is 2.11 bits per heavy atom. The number of nitrogens with one attached hydrogen (secondary N) is 1. The average molecular weight is 381 g/mol. The fourth-order valence-electron chi connectivity index (χ4n) is 2.52. The Balaban J connectivity index is 2.05. The molecule has 3 rings (SSSR count). The number of carbonyl (C=O) groups is 1. The molecule has 0 saturated heterocycles. The van der Waals surface area contributed by atoms with Gasteiger partial charge in [-0.05, 0) is 24.3 Å². The molecule has 0 bridgehead atoms. The molecule has 0 aliphatic carbocycles. The summed E-state index contributed by atoms with van der Waals surface area (Å²) in [5.74, 6) is -0.186. The minimum atomic E-state index is -3.51. The molecule has 3 aromatic rings. The van der Waals surface area contributed by atoms with Gasteiger partial charge in [0.05, 0.1) is 17.6 Å². The molecule has 2 aromatic carbocycles. The number of hydrogen-bond acceptors (Lipinski definition) is 4. The Labute approximate surface area is 158 Å². The summed E-state index contributed by atoms with van der Waals surface area (Å²) >= 11 is 0. The van der Waals surface area contributed by atoms with Crippen molar-refractivity contribution >= 4 is 27.4 Å². The molecular formula is C20H19N3O3S. The maximum absolute atomic E-state index is 12.6. The van der Waals surface area contributed by atoms with Crippen LogP contribution in [0.2, 0.25) is 0 Å². The summed E-state index contributed by atoms with van der Waals surface area (Å²) in [6.07, 6.45) is 1.10. The predicted octanol–water partition coefficient (Wildman–Crippen LogP) is 3.40. The number of rotatable bonds is 5. The van der Waals surface area contributed by atoms with Gasteiger partial charge in [-0.1, -0.05) is 48.5 Å². The van der Waals surface area contributed by atoms with Crippen LogP contribution in [0.4, 0.5) is 11.5 Å². The fourth-order valence-corrected chi connectivity index (χ4v) is 3.02. The van der Waals surface area contributed by atoms with Crippen molar-refractivity contribution in [3.63, 3.8) is 0 Å². The first-order chi connectivity index (χ1) is 12.9. The van der Waals surface area contributed by atoms with Gasteiger partial charge in [0.1, 0.15) is 0 Å². The Kier molecular flexibility index (Phi) is 5.23. The standard InChI is InChI=1S/C20H19N3O3S/c1-23(27(2,25)26)18-14-13-17(15-9-5-3-6-10-15)21-19(18)22-20(24)16-11-7-4-8-12-16/h3-14H,1-2H3,(H,21,22,24). The second kappa shape index (κ2) is 7.59. The molecule has 27 heavy (non-hydrogen) atoms. The number of benzene rings is 2. The van der Waals surface area contributed by atoms with Crippen LogP contribution in [0.1, 0.15) is 10.4 Å². The maximum atomic E-state index is 12.6. The van der Waals surface area contributed by atoms with Crippen LogP contribution in [0.25, 0.3) is 11.3 Å². The number of carbonyl (C=O) groups excluding carboxylic acids is 1. The third-order valence-corrected chi connectivity index (χ3v) is 5.24. The van der Waals surface area contributed by atoms with Crippen molar-refractivity contribution in [1.82, 2.24) is 4.98 Å². The molecule has 7 heteroatoms. The highest BCUT2D eigenvalue weighted by molar-refractivity contribution is 7.92. The zero-order valence-corrected chi connectivity index (χ0v) is 15.8. The normalized spacial score (nSPS) is 11.0. The molecule has 0 spiro atoms. The molecule has 138 valence electrons. The number of sulfonamides is 1. The van der Waals surface area contributed by atoms with E-state index in [1.165, 1.54) is 7.05 Å². The van der Waals surface area contributed by atoms with Crippen LogP contribution in [0.3, 0.4) is 0 Å². The monoisotopic (exact) mass is 381 g/mol. The molecule has 1 N–H and O–H groups in total. The lowest BCUT2D eigenvalue weighted by Crippen LogP contribution is -2.27. The lowest BCUT2D eigenvalue weighted by Gasteiger charge is -2.20. The second-order valence-electron chi connectivity index (χ2n) is 5.98. The predicted molar refractivity (Wildman–Crippen MR) is 107 cm³/mol. The number of hydrogen-bond donors (Lipinski definition) is 1. The summed E-state index contributed by atoms with van der Waals surface area (Å²) < 4.78 is 25.1. The maximum Gasteiger partial charge on any atom is 0.256 e. The molecule has 0 unspecified atom stereocenters. The van der Waals surface area contributed by atoms with Crippen molar-refractivity contribution in [2.75, 3.05) is 22.9 Å². The van der Waals surface area contributed by atoms with E-state index in [9.17, 15) is 13.2 Å². The smallest absolute Gasteiger partial charge is 0.256 e. The molecule has 0 aliphatic rings. The van der Waals surface area contributed by atoms with Crippen LogP contribution in [0.5, 0.6) is 0 Å². The molecule has 0 saturated carbocycles. The largest absolute Gasteiger partial charge is 0.305 e. The van der Waals surface area contributed by atoms with E-state index in [2.05, 4.69) is 10.3 Å². The van der Waals surface area contributed by atoms with E-state index in [1.807, 2.05) is 36.4 Å². The van der Waals surface area contributed by atoms with Crippen molar-refractivity contribution < 1.29 is 13.2 Å². The third kappa shape index (κ3) is 4.32. The van der Waals surface area contributed by atoms with Gasteiger partial charge in [0.15, 0.2) is 5.82 Å². The summed E-state index contributed by atoms with van der Waals surface area (Å²) in [5.41, 5.74) is 2.24. The fraction of sp³-hybridized carbons (Fsp3) is 0.100. The van der Waals surface area contributed by atoms with Crippen LogP contribution >= 0.6 is 0 Å². The van der Waals surface area contributed by atoms with Crippen molar-refractivity contribution in [3.05, 3.63) is 78.4 Å². The van der Waals surface area contributed by atoms with Crippen molar-refractivity contribution in [2.24, 2.45) is 0 Å². The van der Waals surface area contributed by atoms with E-state index in [1.54, 1.807) is 36.4 Å².